The van der Waals surface area contributed by atoms with Gasteiger partial charge >= 0.3 is 0 Å². The summed E-state index contributed by atoms with van der Waals surface area (Å²) in [5.74, 6) is 1.46. The lowest BCUT2D eigenvalue weighted by Crippen LogP contribution is -2.02. The van der Waals surface area contributed by atoms with Gasteiger partial charge in [0.2, 0.25) is 0 Å². The van der Waals surface area contributed by atoms with Crippen LogP contribution >= 0.6 is 0 Å². The Labute approximate surface area is 155 Å². The molecule has 0 bridgehead atoms. The molecule has 26 heavy (non-hydrogen) atoms. The first-order valence-electron chi connectivity index (χ1n) is 9.17. The van der Waals surface area contributed by atoms with E-state index >= 15 is 0 Å². The minimum Gasteiger partial charge on any atom is -0.508 e. The molecule has 3 aromatic rings. The second kappa shape index (κ2) is 8.09. The SMILES string of the molecule is CC(Cc1ccc(O)cc1)c1cccc(C(C)Cc2ccc(O)cc2)c1. The standard InChI is InChI=1S/C24H26O2/c1-17(14-19-6-10-23(25)11-7-19)21-4-3-5-22(16-21)18(2)15-20-8-12-24(26)13-9-20/h3-13,16-18,25-26H,14-15H2,1-2H3. The van der Waals surface area contributed by atoms with Crippen LogP contribution in [0.25, 0.3) is 0 Å². The molecule has 0 radical (unpaired) electrons. The summed E-state index contributed by atoms with van der Waals surface area (Å²) in [7, 11) is 0. The molecule has 134 valence electrons. The smallest absolute Gasteiger partial charge is 0.115 e. The summed E-state index contributed by atoms with van der Waals surface area (Å²) in [5, 5.41) is 18.9. The predicted molar refractivity (Wildman–Crippen MR) is 107 cm³/mol. The molecule has 0 fully saturated rings. The molecule has 0 heterocycles. The van der Waals surface area contributed by atoms with Gasteiger partial charge in [-0.25, -0.2) is 0 Å². The maximum absolute atomic E-state index is 9.43. The van der Waals surface area contributed by atoms with Crippen molar-refractivity contribution in [1.82, 2.24) is 0 Å². The van der Waals surface area contributed by atoms with Crippen molar-refractivity contribution in [3.05, 3.63) is 95.1 Å². The normalized spacial score (nSPS) is 13.3. The molecule has 0 aromatic heterocycles. The Bertz CT molecular complexity index is 766. The van der Waals surface area contributed by atoms with Crippen LogP contribution in [0.4, 0.5) is 0 Å². The third kappa shape index (κ3) is 4.66. The molecule has 0 aliphatic rings. The second-order valence-electron chi connectivity index (χ2n) is 7.21. The van der Waals surface area contributed by atoms with Gasteiger partial charge < -0.3 is 10.2 Å². The highest BCUT2D eigenvalue weighted by Crippen LogP contribution is 2.27. The number of hydrogen-bond donors (Lipinski definition) is 2. The van der Waals surface area contributed by atoms with Gasteiger partial charge in [0.1, 0.15) is 11.5 Å². The number of benzene rings is 3. The molecular weight excluding hydrogens is 320 g/mol. The molecule has 0 aliphatic heterocycles. The Morgan fingerprint density at radius 1 is 0.615 bits per heavy atom. The van der Waals surface area contributed by atoms with Crippen LogP contribution in [0.5, 0.6) is 11.5 Å². The topological polar surface area (TPSA) is 40.5 Å². The van der Waals surface area contributed by atoms with Crippen molar-refractivity contribution >= 4 is 0 Å². The molecule has 0 saturated carbocycles. The van der Waals surface area contributed by atoms with Gasteiger partial charge in [-0.1, -0.05) is 62.4 Å². The summed E-state index contributed by atoms with van der Waals surface area (Å²) in [6, 6.07) is 23.8. The van der Waals surface area contributed by atoms with Crippen LogP contribution in [0.3, 0.4) is 0 Å². The fourth-order valence-corrected chi connectivity index (χ4v) is 3.38. The first-order chi connectivity index (χ1) is 12.5. The Balaban J connectivity index is 1.70. The van der Waals surface area contributed by atoms with Gasteiger partial charge in [-0.15, -0.1) is 0 Å². The summed E-state index contributed by atoms with van der Waals surface area (Å²) >= 11 is 0. The first-order valence-corrected chi connectivity index (χ1v) is 9.17. The highest BCUT2D eigenvalue weighted by Gasteiger charge is 2.11. The maximum Gasteiger partial charge on any atom is 0.115 e. The number of rotatable bonds is 6. The van der Waals surface area contributed by atoms with Gasteiger partial charge in [0.25, 0.3) is 0 Å². The van der Waals surface area contributed by atoms with Gasteiger partial charge in [0, 0.05) is 0 Å². The summed E-state index contributed by atoms with van der Waals surface area (Å²) < 4.78 is 0. The van der Waals surface area contributed by atoms with Crippen molar-refractivity contribution in [3.8, 4) is 11.5 Å². The minimum atomic E-state index is 0.312. The van der Waals surface area contributed by atoms with Crippen molar-refractivity contribution < 1.29 is 10.2 Å². The minimum absolute atomic E-state index is 0.312. The monoisotopic (exact) mass is 346 g/mol. The quantitative estimate of drug-likeness (QED) is 0.593. The van der Waals surface area contributed by atoms with E-state index in [9.17, 15) is 10.2 Å². The molecule has 0 aliphatic carbocycles. The molecular formula is C24H26O2. The van der Waals surface area contributed by atoms with Crippen molar-refractivity contribution in [2.75, 3.05) is 0 Å². The summed E-state index contributed by atoms with van der Waals surface area (Å²) in [6.45, 7) is 4.49. The van der Waals surface area contributed by atoms with Gasteiger partial charge in [-0.05, 0) is 71.2 Å². The Morgan fingerprint density at radius 3 is 1.38 bits per heavy atom. The van der Waals surface area contributed by atoms with Crippen molar-refractivity contribution in [1.29, 1.82) is 0 Å². The lowest BCUT2D eigenvalue weighted by molar-refractivity contribution is 0.474. The zero-order valence-corrected chi connectivity index (χ0v) is 15.4. The molecule has 2 unspecified atom stereocenters. The van der Waals surface area contributed by atoms with Crippen LogP contribution in [0, 0.1) is 0 Å². The van der Waals surface area contributed by atoms with Crippen LogP contribution < -0.4 is 0 Å². The molecule has 0 saturated heterocycles. The van der Waals surface area contributed by atoms with E-state index < -0.39 is 0 Å². The highest BCUT2D eigenvalue weighted by molar-refractivity contribution is 5.33. The maximum atomic E-state index is 9.43. The zero-order valence-electron chi connectivity index (χ0n) is 15.4. The lowest BCUT2D eigenvalue weighted by atomic mass is 9.88. The molecule has 2 N–H and O–H groups in total. The van der Waals surface area contributed by atoms with Crippen LogP contribution in [0.15, 0.2) is 72.8 Å². The fourth-order valence-electron chi connectivity index (χ4n) is 3.38. The Hall–Kier alpha value is -2.74. The average Bonchev–Trinajstić information content (AvgIpc) is 2.65. The third-order valence-electron chi connectivity index (χ3n) is 5.01. The predicted octanol–water partition coefficient (Wildman–Crippen LogP) is 5.79. The second-order valence-corrected chi connectivity index (χ2v) is 7.21. The first kappa shape index (κ1) is 18.1. The largest absolute Gasteiger partial charge is 0.508 e. The van der Waals surface area contributed by atoms with Crippen LogP contribution in [0.2, 0.25) is 0 Å². The van der Waals surface area contributed by atoms with Crippen LogP contribution in [-0.2, 0) is 12.8 Å². The molecule has 0 spiro atoms. The number of phenols is 2. The molecule has 2 heteroatoms. The molecule has 3 rings (SSSR count). The van der Waals surface area contributed by atoms with Crippen molar-refractivity contribution in [2.24, 2.45) is 0 Å². The van der Waals surface area contributed by atoms with Crippen molar-refractivity contribution in [2.45, 2.75) is 38.5 Å². The summed E-state index contributed by atoms with van der Waals surface area (Å²) in [5.41, 5.74) is 5.15. The highest BCUT2D eigenvalue weighted by atomic mass is 16.3. The van der Waals surface area contributed by atoms with E-state index in [1.165, 1.54) is 22.3 Å². The van der Waals surface area contributed by atoms with Crippen molar-refractivity contribution in [3.63, 3.8) is 0 Å². The molecule has 2 atom stereocenters. The Kier molecular flexibility index (Phi) is 5.62. The van der Waals surface area contributed by atoms with E-state index in [0.29, 0.717) is 23.3 Å². The van der Waals surface area contributed by atoms with E-state index in [-0.39, 0.29) is 0 Å². The van der Waals surface area contributed by atoms with E-state index in [1.54, 1.807) is 24.3 Å². The summed E-state index contributed by atoms with van der Waals surface area (Å²) in [4.78, 5) is 0. The van der Waals surface area contributed by atoms with Crippen LogP contribution in [0.1, 0.15) is 47.9 Å². The van der Waals surface area contributed by atoms with Gasteiger partial charge in [-0.3, -0.25) is 0 Å². The number of phenolic OH excluding ortho intramolecular Hbond substituents is 2. The van der Waals surface area contributed by atoms with E-state index in [2.05, 4.69) is 38.1 Å². The van der Waals surface area contributed by atoms with Gasteiger partial charge in [0.05, 0.1) is 0 Å². The zero-order chi connectivity index (χ0) is 18.5. The van der Waals surface area contributed by atoms with E-state index in [0.717, 1.165) is 12.8 Å². The van der Waals surface area contributed by atoms with Gasteiger partial charge in [-0.2, -0.15) is 0 Å². The van der Waals surface area contributed by atoms with Crippen LogP contribution in [-0.4, -0.2) is 10.2 Å². The van der Waals surface area contributed by atoms with E-state index in [1.807, 2.05) is 24.3 Å². The molecule has 2 nitrogen and oxygen atoms in total. The molecule has 3 aromatic carbocycles. The number of hydrogen-bond acceptors (Lipinski definition) is 2. The fraction of sp³-hybridized carbons (Fsp3) is 0.250. The lowest BCUT2D eigenvalue weighted by Gasteiger charge is -2.17. The van der Waals surface area contributed by atoms with E-state index in [4.69, 9.17) is 0 Å². The van der Waals surface area contributed by atoms with Gasteiger partial charge in [0.15, 0.2) is 0 Å². The number of aromatic hydroxyl groups is 2. The average molecular weight is 346 g/mol. The Morgan fingerprint density at radius 2 is 1.00 bits per heavy atom. The third-order valence-corrected chi connectivity index (χ3v) is 5.01. The molecule has 0 amide bonds. The summed E-state index contributed by atoms with van der Waals surface area (Å²) in [6.07, 6.45) is 1.91.